The molecule has 0 aliphatic heterocycles. The maximum absolute atomic E-state index is 13.5. The van der Waals surface area contributed by atoms with Crippen LogP contribution in [0.2, 0.25) is 0 Å². The van der Waals surface area contributed by atoms with Gasteiger partial charge in [-0.25, -0.2) is 14.2 Å². The van der Waals surface area contributed by atoms with Gasteiger partial charge in [-0.15, -0.1) is 0 Å². The number of aromatic nitrogens is 2. The Labute approximate surface area is 108 Å². The third kappa shape index (κ3) is 2.98. The number of carboxylic acids is 1. The number of hydrogen-bond acceptors (Lipinski definition) is 3. The first-order valence-electron chi connectivity index (χ1n) is 5.40. The van der Waals surface area contributed by atoms with E-state index in [4.69, 9.17) is 9.84 Å². The highest BCUT2D eigenvalue weighted by molar-refractivity contribution is 5.84. The van der Waals surface area contributed by atoms with E-state index < -0.39 is 11.8 Å². The van der Waals surface area contributed by atoms with Gasteiger partial charge in [-0.1, -0.05) is 0 Å². The van der Waals surface area contributed by atoms with Crippen LogP contribution in [0.3, 0.4) is 0 Å². The van der Waals surface area contributed by atoms with Crippen molar-refractivity contribution in [2.24, 2.45) is 0 Å². The fourth-order valence-electron chi connectivity index (χ4n) is 1.55. The summed E-state index contributed by atoms with van der Waals surface area (Å²) in [4.78, 5) is 17.2. The molecule has 2 N–H and O–H groups in total. The maximum Gasteiger partial charge on any atom is 0.328 e. The van der Waals surface area contributed by atoms with Gasteiger partial charge in [0, 0.05) is 11.6 Å². The van der Waals surface area contributed by atoms with Gasteiger partial charge in [-0.05, 0) is 24.3 Å². The van der Waals surface area contributed by atoms with Gasteiger partial charge in [0.25, 0.3) is 0 Å². The van der Waals surface area contributed by atoms with Crippen LogP contribution in [0.5, 0.6) is 5.75 Å². The topological polar surface area (TPSA) is 75.2 Å². The van der Waals surface area contributed by atoms with E-state index in [0.29, 0.717) is 17.1 Å². The number of hydrogen-bond donors (Lipinski definition) is 2. The number of carbonyl (C=O) groups is 1. The summed E-state index contributed by atoms with van der Waals surface area (Å²) in [6.45, 7) is 0. The van der Waals surface area contributed by atoms with E-state index in [1.165, 1.54) is 31.5 Å². The van der Waals surface area contributed by atoms with Crippen molar-refractivity contribution in [1.29, 1.82) is 0 Å². The molecule has 1 aromatic carbocycles. The zero-order chi connectivity index (χ0) is 13.8. The lowest BCUT2D eigenvalue weighted by molar-refractivity contribution is -0.131. The Morgan fingerprint density at radius 2 is 2.32 bits per heavy atom. The molecule has 0 spiro atoms. The second-order valence-electron chi connectivity index (χ2n) is 3.70. The zero-order valence-electron chi connectivity index (χ0n) is 10.1. The molecule has 1 aromatic heterocycles. The van der Waals surface area contributed by atoms with E-state index in [0.717, 1.165) is 6.08 Å². The summed E-state index contributed by atoms with van der Waals surface area (Å²) in [5.41, 5.74) is 1.19. The van der Waals surface area contributed by atoms with Gasteiger partial charge in [0.15, 0.2) is 11.6 Å². The van der Waals surface area contributed by atoms with Gasteiger partial charge in [-0.2, -0.15) is 0 Å². The van der Waals surface area contributed by atoms with Gasteiger partial charge in [0.1, 0.15) is 5.82 Å². The van der Waals surface area contributed by atoms with Gasteiger partial charge in [0.2, 0.25) is 0 Å². The number of methoxy groups -OCH3 is 1. The summed E-state index contributed by atoms with van der Waals surface area (Å²) in [5, 5.41) is 8.50. The second kappa shape index (κ2) is 5.34. The first kappa shape index (κ1) is 12.8. The van der Waals surface area contributed by atoms with Crippen molar-refractivity contribution >= 4 is 12.0 Å². The quantitative estimate of drug-likeness (QED) is 0.829. The Balaban J connectivity index is 2.27. The van der Waals surface area contributed by atoms with Crippen molar-refractivity contribution < 1.29 is 19.0 Å². The fourth-order valence-corrected chi connectivity index (χ4v) is 1.55. The average molecular weight is 262 g/mol. The number of carboxylic acid groups (broad SMARTS) is 1. The van der Waals surface area contributed by atoms with E-state index in [9.17, 15) is 9.18 Å². The zero-order valence-corrected chi connectivity index (χ0v) is 10.1. The molecule has 0 atom stereocenters. The van der Waals surface area contributed by atoms with Crippen LogP contribution in [0.15, 0.2) is 30.5 Å². The number of halogens is 1. The lowest BCUT2D eigenvalue weighted by Gasteiger charge is -2.03. The van der Waals surface area contributed by atoms with Gasteiger partial charge >= 0.3 is 5.97 Å². The smallest absolute Gasteiger partial charge is 0.328 e. The van der Waals surface area contributed by atoms with Crippen LogP contribution in [0.4, 0.5) is 4.39 Å². The van der Waals surface area contributed by atoms with Crippen molar-refractivity contribution in [1.82, 2.24) is 9.97 Å². The van der Waals surface area contributed by atoms with Crippen LogP contribution < -0.4 is 4.74 Å². The number of nitrogens with one attached hydrogen (secondary N) is 1. The summed E-state index contributed by atoms with van der Waals surface area (Å²) in [5.74, 6) is -0.992. The normalized spacial score (nSPS) is 10.8. The van der Waals surface area contributed by atoms with Crippen molar-refractivity contribution in [2.75, 3.05) is 7.11 Å². The highest BCUT2D eigenvalue weighted by atomic mass is 19.1. The van der Waals surface area contributed by atoms with Crippen molar-refractivity contribution in [3.63, 3.8) is 0 Å². The molecule has 0 saturated heterocycles. The molecule has 0 amide bonds. The molecule has 0 bridgehead atoms. The molecule has 2 rings (SSSR count). The van der Waals surface area contributed by atoms with Crippen LogP contribution in [0.1, 0.15) is 5.82 Å². The molecule has 0 aliphatic rings. The average Bonchev–Trinajstić information content (AvgIpc) is 2.85. The summed E-state index contributed by atoms with van der Waals surface area (Å²) < 4.78 is 18.4. The third-order valence-electron chi connectivity index (χ3n) is 2.44. The Hall–Kier alpha value is -2.63. The minimum absolute atomic E-state index is 0.161. The third-order valence-corrected chi connectivity index (χ3v) is 2.44. The molecule has 6 heteroatoms. The molecule has 5 nitrogen and oxygen atoms in total. The van der Waals surface area contributed by atoms with E-state index >= 15 is 0 Å². The van der Waals surface area contributed by atoms with E-state index in [2.05, 4.69) is 9.97 Å². The number of aliphatic carboxylic acids is 1. The first-order chi connectivity index (χ1) is 9.10. The fraction of sp³-hybridized carbons (Fsp3) is 0.0769. The summed E-state index contributed by atoms with van der Waals surface area (Å²) in [6, 6.07) is 4.51. The maximum atomic E-state index is 13.5. The largest absolute Gasteiger partial charge is 0.494 e. The van der Waals surface area contributed by atoms with Gasteiger partial charge in [0.05, 0.1) is 19.0 Å². The molecule has 0 fully saturated rings. The van der Waals surface area contributed by atoms with Crippen LogP contribution >= 0.6 is 0 Å². The molecular weight excluding hydrogens is 251 g/mol. The standard InChI is InChI=1S/C13H11FN2O3/c1-19-11-3-2-8(6-9(11)14)10-7-15-12(16-10)4-5-13(17)18/h2-7H,1H3,(H,15,16)(H,17,18)/b5-4+. The number of aromatic amines is 1. The Kier molecular flexibility index (Phi) is 3.61. The van der Waals surface area contributed by atoms with Crippen LogP contribution in [-0.4, -0.2) is 28.2 Å². The minimum Gasteiger partial charge on any atom is -0.494 e. The minimum atomic E-state index is -1.06. The van der Waals surface area contributed by atoms with Crippen LogP contribution in [0, 0.1) is 5.82 Å². The summed E-state index contributed by atoms with van der Waals surface area (Å²) in [7, 11) is 1.39. The number of H-pyrrole nitrogens is 1. The Morgan fingerprint density at radius 1 is 1.53 bits per heavy atom. The van der Waals surface area contributed by atoms with Crippen molar-refractivity contribution in [3.8, 4) is 17.0 Å². The molecular formula is C13H11FN2O3. The lowest BCUT2D eigenvalue weighted by Crippen LogP contribution is -1.89. The molecule has 98 valence electrons. The van der Waals surface area contributed by atoms with E-state index in [-0.39, 0.29) is 5.75 Å². The van der Waals surface area contributed by atoms with Crippen molar-refractivity contribution in [3.05, 3.63) is 42.1 Å². The summed E-state index contributed by atoms with van der Waals surface area (Å²) in [6.07, 6.45) is 3.80. The molecule has 1 heterocycles. The second-order valence-corrected chi connectivity index (χ2v) is 3.70. The van der Waals surface area contributed by atoms with Gasteiger partial charge < -0.3 is 14.8 Å². The predicted octanol–water partition coefficient (Wildman–Crippen LogP) is 2.32. The Bertz CT molecular complexity index is 635. The number of nitrogens with zero attached hydrogens (tertiary/aromatic N) is 1. The predicted molar refractivity (Wildman–Crippen MR) is 67.2 cm³/mol. The highest BCUT2D eigenvalue weighted by Gasteiger charge is 2.07. The highest BCUT2D eigenvalue weighted by Crippen LogP contribution is 2.24. The molecule has 0 unspecified atom stereocenters. The molecule has 0 radical (unpaired) electrons. The number of ether oxygens (including phenoxy) is 1. The molecule has 0 aliphatic carbocycles. The Morgan fingerprint density at radius 3 is 2.95 bits per heavy atom. The lowest BCUT2D eigenvalue weighted by atomic mass is 10.1. The van der Waals surface area contributed by atoms with Gasteiger partial charge in [-0.3, -0.25) is 0 Å². The molecule has 2 aromatic rings. The summed E-state index contributed by atoms with van der Waals surface area (Å²) >= 11 is 0. The molecule has 0 saturated carbocycles. The van der Waals surface area contributed by atoms with E-state index in [1.54, 1.807) is 6.07 Å². The van der Waals surface area contributed by atoms with Crippen LogP contribution in [-0.2, 0) is 4.79 Å². The van der Waals surface area contributed by atoms with Crippen LogP contribution in [0.25, 0.3) is 17.3 Å². The number of benzene rings is 1. The molecule has 19 heavy (non-hydrogen) atoms. The monoisotopic (exact) mass is 262 g/mol. The van der Waals surface area contributed by atoms with Crippen molar-refractivity contribution in [2.45, 2.75) is 0 Å². The first-order valence-corrected chi connectivity index (χ1v) is 5.40. The number of imidazole rings is 1. The number of rotatable bonds is 4. The van der Waals surface area contributed by atoms with E-state index in [1.807, 2.05) is 0 Å². The SMILES string of the molecule is COc1ccc(-c2cnc(/C=C/C(=O)O)[nH]2)cc1F.